The van der Waals surface area contributed by atoms with Gasteiger partial charge in [0.05, 0.1) is 12.1 Å². The second-order valence-electron chi connectivity index (χ2n) is 4.12. The third-order valence-electron chi connectivity index (χ3n) is 2.91. The molecular formula is C11H11FN4O2. The molecule has 1 N–H and O–H groups in total. The van der Waals surface area contributed by atoms with Gasteiger partial charge in [0.2, 0.25) is 12.2 Å². The minimum atomic E-state index is -1.26. The topological polar surface area (TPSA) is 75.3 Å². The highest BCUT2D eigenvalue weighted by atomic mass is 19.1. The molecule has 0 amide bonds. The second-order valence-corrected chi connectivity index (χ2v) is 4.12. The van der Waals surface area contributed by atoms with Gasteiger partial charge < -0.3 is 14.5 Å². The smallest absolute Gasteiger partial charge is 0.214 e. The monoisotopic (exact) mass is 250 g/mol. The predicted octanol–water partition coefficient (Wildman–Crippen LogP) is 0.651. The van der Waals surface area contributed by atoms with Crippen molar-refractivity contribution in [2.45, 2.75) is 12.3 Å². The van der Waals surface area contributed by atoms with Crippen molar-refractivity contribution in [1.29, 1.82) is 0 Å². The molecule has 0 radical (unpaired) electrons. The van der Waals surface area contributed by atoms with E-state index in [1.54, 1.807) is 23.2 Å². The number of halogens is 1. The molecule has 0 aromatic carbocycles. The highest BCUT2D eigenvalue weighted by Crippen LogP contribution is 2.29. The number of alkyl halides is 1. The normalized spacial score (nSPS) is 23.6. The molecule has 1 aliphatic heterocycles. The Morgan fingerprint density at radius 1 is 1.39 bits per heavy atom. The van der Waals surface area contributed by atoms with E-state index in [4.69, 9.17) is 4.52 Å². The number of hydrogen-bond acceptors (Lipinski definition) is 6. The molecule has 3 heterocycles. The minimum Gasteiger partial charge on any atom is -0.388 e. The molecule has 0 spiro atoms. The van der Waals surface area contributed by atoms with Crippen LogP contribution in [0.4, 0.5) is 10.2 Å². The second kappa shape index (κ2) is 4.34. The lowest BCUT2D eigenvalue weighted by molar-refractivity contribution is 0.118. The van der Waals surface area contributed by atoms with Crippen LogP contribution in [0.5, 0.6) is 0 Å². The van der Waals surface area contributed by atoms with Crippen LogP contribution in [0.1, 0.15) is 0 Å². The van der Waals surface area contributed by atoms with Crippen LogP contribution in [0.15, 0.2) is 29.2 Å². The van der Waals surface area contributed by atoms with E-state index in [-0.39, 0.29) is 13.1 Å². The summed E-state index contributed by atoms with van der Waals surface area (Å²) in [6, 6.07) is 3.53. The van der Waals surface area contributed by atoms with E-state index >= 15 is 0 Å². The zero-order valence-electron chi connectivity index (χ0n) is 9.40. The molecule has 18 heavy (non-hydrogen) atoms. The van der Waals surface area contributed by atoms with Crippen molar-refractivity contribution >= 4 is 5.82 Å². The van der Waals surface area contributed by atoms with E-state index in [0.29, 0.717) is 17.2 Å². The zero-order valence-corrected chi connectivity index (χ0v) is 9.40. The van der Waals surface area contributed by atoms with Crippen molar-refractivity contribution in [3.8, 4) is 11.4 Å². The van der Waals surface area contributed by atoms with E-state index in [9.17, 15) is 9.50 Å². The van der Waals surface area contributed by atoms with E-state index in [0.717, 1.165) is 0 Å². The lowest BCUT2D eigenvalue weighted by atomic mass is 10.2. The highest BCUT2D eigenvalue weighted by Gasteiger charge is 2.33. The van der Waals surface area contributed by atoms with Gasteiger partial charge in [-0.2, -0.15) is 4.98 Å². The molecule has 0 bridgehead atoms. The van der Waals surface area contributed by atoms with Crippen molar-refractivity contribution < 1.29 is 14.0 Å². The van der Waals surface area contributed by atoms with Crippen LogP contribution in [0, 0.1) is 0 Å². The van der Waals surface area contributed by atoms with Gasteiger partial charge in [-0.25, -0.2) is 9.37 Å². The number of aliphatic hydroxyl groups excluding tert-OH is 1. The zero-order chi connectivity index (χ0) is 12.5. The van der Waals surface area contributed by atoms with Gasteiger partial charge in [0.1, 0.15) is 18.1 Å². The quantitative estimate of drug-likeness (QED) is 0.843. The van der Waals surface area contributed by atoms with Gasteiger partial charge >= 0.3 is 0 Å². The van der Waals surface area contributed by atoms with Crippen LogP contribution in [0.2, 0.25) is 0 Å². The first-order valence-electron chi connectivity index (χ1n) is 5.54. The molecule has 2 aromatic rings. The van der Waals surface area contributed by atoms with Crippen LogP contribution >= 0.6 is 0 Å². The standard InChI is InChI=1S/C11H11FN4O2/c12-8-4-16(5-9(8)17)11-7(2-1-3-13-11)10-14-6-18-15-10/h1-3,6,8-9,17H,4-5H2/t8-,9-/m1/s1. The maximum atomic E-state index is 13.4. The molecule has 2 aromatic heterocycles. The molecule has 7 heteroatoms. The number of anilines is 1. The van der Waals surface area contributed by atoms with Crippen molar-refractivity contribution in [1.82, 2.24) is 15.1 Å². The summed E-state index contributed by atoms with van der Waals surface area (Å²) in [6.45, 7) is 0.325. The summed E-state index contributed by atoms with van der Waals surface area (Å²) < 4.78 is 18.1. The Morgan fingerprint density at radius 2 is 2.28 bits per heavy atom. The summed E-state index contributed by atoms with van der Waals surface area (Å²) in [5.74, 6) is 0.952. The largest absolute Gasteiger partial charge is 0.388 e. The van der Waals surface area contributed by atoms with Crippen LogP contribution in [0.25, 0.3) is 11.4 Å². The maximum Gasteiger partial charge on any atom is 0.214 e. The Bertz CT molecular complexity index is 524. The van der Waals surface area contributed by atoms with Crippen molar-refractivity contribution in [2.24, 2.45) is 0 Å². The van der Waals surface area contributed by atoms with Gasteiger partial charge in [0.25, 0.3) is 0 Å². The Balaban J connectivity index is 1.98. The summed E-state index contributed by atoms with van der Waals surface area (Å²) in [5.41, 5.74) is 0.660. The fourth-order valence-corrected chi connectivity index (χ4v) is 2.03. The fraction of sp³-hybridized carbons (Fsp3) is 0.364. The minimum absolute atomic E-state index is 0.114. The molecule has 1 saturated heterocycles. The van der Waals surface area contributed by atoms with Gasteiger partial charge in [0, 0.05) is 12.7 Å². The maximum absolute atomic E-state index is 13.4. The lowest BCUT2D eigenvalue weighted by Crippen LogP contribution is -2.22. The molecule has 94 valence electrons. The van der Waals surface area contributed by atoms with Gasteiger partial charge in [-0.15, -0.1) is 0 Å². The van der Waals surface area contributed by atoms with E-state index < -0.39 is 12.3 Å². The summed E-state index contributed by atoms with van der Waals surface area (Å²) in [7, 11) is 0. The third-order valence-corrected chi connectivity index (χ3v) is 2.91. The average Bonchev–Trinajstić information content (AvgIpc) is 3.01. The molecular weight excluding hydrogens is 239 g/mol. The molecule has 6 nitrogen and oxygen atoms in total. The van der Waals surface area contributed by atoms with E-state index in [1.165, 1.54) is 6.39 Å². The Kier molecular flexibility index (Phi) is 2.67. The first-order chi connectivity index (χ1) is 8.75. The summed E-state index contributed by atoms with van der Waals surface area (Å²) in [5, 5.41) is 13.2. The average molecular weight is 250 g/mol. The summed E-state index contributed by atoms with van der Waals surface area (Å²) >= 11 is 0. The first kappa shape index (κ1) is 11.1. The predicted molar refractivity (Wildman–Crippen MR) is 60.6 cm³/mol. The van der Waals surface area contributed by atoms with Crippen LogP contribution < -0.4 is 4.90 Å². The van der Waals surface area contributed by atoms with Crippen LogP contribution in [0.3, 0.4) is 0 Å². The van der Waals surface area contributed by atoms with E-state index in [2.05, 4.69) is 15.1 Å². The number of rotatable bonds is 2. The number of pyridine rings is 1. The first-order valence-corrected chi connectivity index (χ1v) is 5.54. The van der Waals surface area contributed by atoms with Gasteiger partial charge in [-0.1, -0.05) is 5.16 Å². The van der Waals surface area contributed by atoms with Crippen LogP contribution in [-0.2, 0) is 0 Å². The van der Waals surface area contributed by atoms with Gasteiger partial charge in [-0.05, 0) is 12.1 Å². The number of aliphatic hydroxyl groups is 1. The van der Waals surface area contributed by atoms with Gasteiger partial charge in [0.15, 0.2) is 0 Å². The SMILES string of the molecule is O[C@@H]1CN(c2ncccc2-c2ncon2)C[C@H]1F. The molecule has 3 rings (SSSR count). The molecule has 1 fully saturated rings. The molecule has 2 atom stereocenters. The molecule has 0 unspecified atom stereocenters. The number of β-amino-alcohol motifs (C(OH)–C–C–N with tert-alkyl or cyclic N) is 1. The Hall–Kier alpha value is -2.02. The number of hydrogen-bond donors (Lipinski definition) is 1. The van der Waals surface area contributed by atoms with Crippen molar-refractivity contribution in [3.63, 3.8) is 0 Å². The molecule has 0 aliphatic carbocycles. The third kappa shape index (κ3) is 1.82. The Morgan fingerprint density at radius 3 is 2.94 bits per heavy atom. The Labute approximate surface area is 102 Å². The number of aromatic nitrogens is 3. The molecule has 1 aliphatic rings. The van der Waals surface area contributed by atoms with E-state index in [1.807, 2.05) is 0 Å². The fourth-order valence-electron chi connectivity index (χ4n) is 2.03. The number of nitrogens with zero attached hydrogens (tertiary/aromatic N) is 4. The molecule has 0 saturated carbocycles. The highest BCUT2D eigenvalue weighted by molar-refractivity contribution is 5.70. The lowest BCUT2D eigenvalue weighted by Gasteiger charge is -2.18. The van der Waals surface area contributed by atoms with Crippen molar-refractivity contribution in [2.75, 3.05) is 18.0 Å². The van der Waals surface area contributed by atoms with Gasteiger partial charge in [-0.3, -0.25) is 0 Å². The summed E-state index contributed by atoms with van der Waals surface area (Å²) in [4.78, 5) is 9.85. The van der Waals surface area contributed by atoms with Crippen molar-refractivity contribution in [3.05, 3.63) is 24.7 Å². The van der Waals surface area contributed by atoms with Crippen LogP contribution in [-0.4, -0.2) is 45.6 Å². The summed E-state index contributed by atoms with van der Waals surface area (Å²) in [6.07, 6.45) is 0.593.